The molecule has 2 aromatic carbocycles. The summed E-state index contributed by atoms with van der Waals surface area (Å²) in [5, 5.41) is 6.98. The zero-order valence-corrected chi connectivity index (χ0v) is 20.2. The standard InChI is InChI=1S/C24H22ClF2N3O4S/c1-15-23(22(34-29-15)9-7-16-6-8-18(26)14-20(16)27)35(32,33)30-12-10-17(11-13-30)24(31)28-21-5-3-2-4-19(21)25/h2-9,14,17H,10-13H2,1H3,(H,28,31)/b9-7+. The van der Waals surface area contributed by atoms with E-state index >= 15 is 0 Å². The Labute approximate surface area is 206 Å². The molecular weight excluding hydrogens is 500 g/mol. The van der Waals surface area contributed by atoms with Crippen LogP contribution in [0.3, 0.4) is 0 Å². The molecule has 0 atom stereocenters. The van der Waals surface area contributed by atoms with Gasteiger partial charge < -0.3 is 9.84 Å². The zero-order chi connectivity index (χ0) is 25.2. The minimum Gasteiger partial charge on any atom is -0.355 e. The second kappa shape index (κ2) is 10.3. The Hall–Kier alpha value is -3.08. The van der Waals surface area contributed by atoms with Crippen molar-refractivity contribution in [2.24, 2.45) is 5.92 Å². The van der Waals surface area contributed by atoms with E-state index < -0.39 is 21.7 Å². The third-order valence-corrected chi connectivity index (χ3v) is 8.15. The predicted molar refractivity (Wildman–Crippen MR) is 128 cm³/mol. The number of piperidine rings is 1. The van der Waals surface area contributed by atoms with Crippen LogP contribution < -0.4 is 5.32 Å². The molecule has 0 radical (unpaired) electrons. The van der Waals surface area contributed by atoms with Crippen molar-refractivity contribution in [3.8, 4) is 0 Å². The highest BCUT2D eigenvalue weighted by Gasteiger charge is 2.36. The first-order chi connectivity index (χ1) is 16.7. The molecule has 4 rings (SSSR count). The van der Waals surface area contributed by atoms with Crippen molar-refractivity contribution in [3.63, 3.8) is 0 Å². The molecule has 2 heterocycles. The number of hydrogen-bond acceptors (Lipinski definition) is 5. The summed E-state index contributed by atoms with van der Waals surface area (Å²) in [7, 11) is -4.00. The molecule has 0 saturated carbocycles. The molecular formula is C24H22ClF2N3O4S. The summed E-state index contributed by atoms with van der Waals surface area (Å²) in [5.74, 6) is -2.17. The number of anilines is 1. The van der Waals surface area contributed by atoms with Gasteiger partial charge in [-0.15, -0.1) is 0 Å². The quantitative estimate of drug-likeness (QED) is 0.486. The van der Waals surface area contributed by atoms with E-state index in [0.29, 0.717) is 23.6 Å². The second-order valence-electron chi connectivity index (χ2n) is 8.11. The molecule has 35 heavy (non-hydrogen) atoms. The number of carbonyl (C=O) groups excluding carboxylic acids is 1. The number of hydrogen-bond donors (Lipinski definition) is 1. The number of para-hydroxylation sites is 1. The number of sulfonamides is 1. The first kappa shape index (κ1) is 25.0. The van der Waals surface area contributed by atoms with E-state index in [1.165, 1.54) is 29.4 Å². The molecule has 0 spiro atoms. The summed E-state index contributed by atoms with van der Waals surface area (Å²) in [6, 6.07) is 9.94. The summed E-state index contributed by atoms with van der Waals surface area (Å²) >= 11 is 6.10. The smallest absolute Gasteiger partial charge is 0.248 e. The lowest BCUT2D eigenvalue weighted by molar-refractivity contribution is -0.120. The van der Waals surface area contributed by atoms with Crippen molar-refractivity contribution in [1.82, 2.24) is 9.46 Å². The van der Waals surface area contributed by atoms with E-state index in [4.69, 9.17) is 16.1 Å². The molecule has 11 heteroatoms. The van der Waals surface area contributed by atoms with E-state index in [2.05, 4.69) is 10.5 Å². The fraction of sp³-hybridized carbons (Fsp3) is 0.250. The van der Waals surface area contributed by atoms with Gasteiger partial charge in [-0.1, -0.05) is 28.9 Å². The average molecular weight is 522 g/mol. The molecule has 1 N–H and O–H groups in total. The fourth-order valence-electron chi connectivity index (χ4n) is 3.89. The van der Waals surface area contributed by atoms with E-state index in [-0.39, 0.29) is 46.8 Å². The highest BCUT2D eigenvalue weighted by molar-refractivity contribution is 7.89. The average Bonchev–Trinajstić information content (AvgIpc) is 3.21. The molecule has 0 unspecified atom stereocenters. The number of carbonyl (C=O) groups is 1. The maximum Gasteiger partial charge on any atom is 0.248 e. The monoisotopic (exact) mass is 521 g/mol. The van der Waals surface area contributed by atoms with Crippen molar-refractivity contribution in [2.45, 2.75) is 24.7 Å². The summed E-state index contributed by atoms with van der Waals surface area (Å²) in [6.45, 7) is 1.75. The van der Waals surface area contributed by atoms with Crippen molar-refractivity contribution in [3.05, 3.63) is 76.1 Å². The highest BCUT2D eigenvalue weighted by Crippen LogP contribution is 2.30. The van der Waals surface area contributed by atoms with Gasteiger partial charge in [0, 0.05) is 30.6 Å². The highest BCUT2D eigenvalue weighted by atomic mass is 35.5. The third-order valence-electron chi connectivity index (χ3n) is 5.76. The normalized spacial score (nSPS) is 15.5. The number of aromatic nitrogens is 1. The van der Waals surface area contributed by atoms with Crippen molar-refractivity contribution < 1.29 is 26.5 Å². The Morgan fingerprint density at radius 1 is 1.17 bits per heavy atom. The molecule has 0 bridgehead atoms. The van der Waals surface area contributed by atoms with Crippen LogP contribution in [0.1, 0.15) is 29.9 Å². The Balaban J connectivity index is 1.47. The van der Waals surface area contributed by atoms with Gasteiger partial charge in [-0.3, -0.25) is 4.79 Å². The number of nitrogens with zero attached hydrogens (tertiary/aromatic N) is 2. The van der Waals surface area contributed by atoms with Gasteiger partial charge in [-0.25, -0.2) is 17.2 Å². The number of nitrogens with one attached hydrogen (secondary N) is 1. The summed E-state index contributed by atoms with van der Waals surface area (Å²) in [4.78, 5) is 12.5. The van der Waals surface area contributed by atoms with Crippen LogP contribution in [0, 0.1) is 24.5 Å². The maximum atomic E-state index is 13.9. The van der Waals surface area contributed by atoms with Gasteiger partial charge in [-0.2, -0.15) is 4.31 Å². The van der Waals surface area contributed by atoms with Crippen LogP contribution in [0.25, 0.3) is 12.2 Å². The van der Waals surface area contributed by atoms with E-state index in [9.17, 15) is 22.0 Å². The number of halogens is 3. The lowest BCUT2D eigenvalue weighted by atomic mass is 9.97. The van der Waals surface area contributed by atoms with Gasteiger partial charge in [0.25, 0.3) is 0 Å². The van der Waals surface area contributed by atoms with Gasteiger partial charge in [0.1, 0.15) is 17.3 Å². The van der Waals surface area contributed by atoms with E-state index in [1.807, 2.05) is 0 Å². The molecule has 1 amide bonds. The minimum absolute atomic E-state index is 0.0640. The Kier molecular flexibility index (Phi) is 7.34. The molecule has 0 aliphatic carbocycles. The van der Waals surface area contributed by atoms with Crippen LogP contribution in [0.4, 0.5) is 14.5 Å². The first-order valence-corrected chi connectivity index (χ1v) is 12.6. The van der Waals surface area contributed by atoms with Gasteiger partial charge in [0.2, 0.25) is 15.9 Å². The van der Waals surface area contributed by atoms with E-state index in [1.54, 1.807) is 24.3 Å². The minimum atomic E-state index is -4.00. The van der Waals surface area contributed by atoms with Crippen LogP contribution in [0.5, 0.6) is 0 Å². The lowest BCUT2D eigenvalue weighted by Crippen LogP contribution is -2.41. The molecule has 1 saturated heterocycles. The number of aryl methyl sites for hydroxylation is 1. The molecule has 1 aromatic heterocycles. The lowest BCUT2D eigenvalue weighted by Gasteiger charge is -2.30. The predicted octanol–water partition coefficient (Wildman–Crippen LogP) is 5.12. The SMILES string of the molecule is Cc1noc(/C=C/c2ccc(F)cc2F)c1S(=O)(=O)N1CCC(C(=O)Nc2ccccc2Cl)CC1. The zero-order valence-electron chi connectivity index (χ0n) is 18.7. The molecule has 3 aromatic rings. The Bertz CT molecular complexity index is 1380. The Morgan fingerprint density at radius 3 is 2.57 bits per heavy atom. The maximum absolute atomic E-state index is 13.9. The largest absolute Gasteiger partial charge is 0.355 e. The molecule has 1 aliphatic heterocycles. The van der Waals surface area contributed by atoms with Crippen molar-refractivity contribution >= 4 is 45.4 Å². The van der Waals surface area contributed by atoms with Crippen LogP contribution in [-0.4, -0.2) is 36.9 Å². The topological polar surface area (TPSA) is 92.5 Å². The van der Waals surface area contributed by atoms with Crippen LogP contribution in [0.2, 0.25) is 5.02 Å². The van der Waals surface area contributed by atoms with Gasteiger partial charge >= 0.3 is 0 Å². The van der Waals surface area contributed by atoms with Crippen molar-refractivity contribution in [2.75, 3.05) is 18.4 Å². The fourth-order valence-corrected chi connectivity index (χ4v) is 5.79. The van der Waals surface area contributed by atoms with Crippen molar-refractivity contribution in [1.29, 1.82) is 0 Å². The second-order valence-corrected chi connectivity index (χ2v) is 10.4. The third kappa shape index (κ3) is 5.44. The summed E-state index contributed by atoms with van der Waals surface area (Å²) in [6.07, 6.45) is 3.23. The molecule has 1 aliphatic rings. The Morgan fingerprint density at radius 2 is 1.89 bits per heavy atom. The van der Waals surface area contributed by atoms with Crippen LogP contribution in [0.15, 0.2) is 51.9 Å². The van der Waals surface area contributed by atoms with E-state index in [0.717, 1.165) is 12.1 Å². The number of benzene rings is 2. The van der Waals surface area contributed by atoms with Crippen LogP contribution in [-0.2, 0) is 14.8 Å². The number of rotatable bonds is 6. The van der Waals surface area contributed by atoms with Gasteiger partial charge in [-0.05, 0) is 56.2 Å². The van der Waals surface area contributed by atoms with Gasteiger partial charge in [0.15, 0.2) is 10.7 Å². The molecule has 1 fully saturated rings. The molecule has 184 valence electrons. The number of amides is 1. The first-order valence-electron chi connectivity index (χ1n) is 10.8. The molecule has 7 nitrogen and oxygen atoms in total. The van der Waals surface area contributed by atoms with Gasteiger partial charge in [0.05, 0.1) is 10.7 Å². The summed E-state index contributed by atoms with van der Waals surface area (Å²) < 4.78 is 60.3. The van der Waals surface area contributed by atoms with Crippen LogP contribution >= 0.6 is 11.6 Å². The summed E-state index contributed by atoms with van der Waals surface area (Å²) in [5.41, 5.74) is 0.722.